The molecule has 2 aliphatic rings. The Balaban J connectivity index is 1.41. The van der Waals surface area contributed by atoms with Gasteiger partial charge in [0, 0.05) is 31.7 Å². The molecule has 1 aliphatic heterocycles. The number of hydrogen-bond acceptors (Lipinski definition) is 4. The van der Waals surface area contributed by atoms with Gasteiger partial charge in [-0.05, 0) is 74.4 Å². The average molecular weight is 429 g/mol. The molecule has 3 aromatic rings. The van der Waals surface area contributed by atoms with E-state index in [4.69, 9.17) is 4.98 Å². The Hall–Kier alpha value is -2.32. The molecule has 1 unspecified atom stereocenters. The van der Waals surface area contributed by atoms with Crippen molar-refractivity contribution in [3.8, 4) is 0 Å². The lowest BCUT2D eigenvalue weighted by Gasteiger charge is -2.32. The van der Waals surface area contributed by atoms with E-state index >= 15 is 0 Å². The van der Waals surface area contributed by atoms with Crippen LogP contribution in [0.15, 0.2) is 41.4 Å². The maximum atomic E-state index is 13.6. The first-order valence-electron chi connectivity index (χ1n) is 10.5. The molecule has 1 aliphatic carbocycles. The second kappa shape index (κ2) is 7.42. The summed E-state index contributed by atoms with van der Waals surface area (Å²) in [6, 6.07) is 7.90. The highest BCUT2D eigenvalue weighted by molar-refractivity contribution is 7.89. The van der Waals surface area contributed by atoms with Crippen molar-refractivity contribution in [2.45, 2.75) is 50.0 Å². The third kappa shape index (κ3) is 3.52. The molecule has 30 heavy (non-hydrogen) atoms. The number of aryl methyl sites for hydroxylation is 1. The molecular weight excluding hydrogens is 403 g/mol. The van der Waals surface area contributed by atoms with Crippen LogP contribution in [0.25, 0.3) is 11.2 Å². The van der Waals surface area contributed by atoms with Gasteiger partial charge in [0.25, 0.3) is 0 Å². The molecular formula is C22H25FN4O2S. The Morgan fingerprint density at radius 2 is 2.03 bits per heavy atom. The summed E-state index contributed by atoms with van der Waals surface area (Å²) in [7, 11) is -3.64. The van der Waals surface area contributed by atoms with Crippen LogP contribution < -0.4 is 0 Å². The predicted octanol–water partition coefficient (Wildman–Crippen LogP) is 3.86. The highest BCUT2D eigenvalue weighted by Gasteiger charge is 2.34. The molecule has 158 valence electrons. The van der Waals surface area contributed by atoms with Crippen LogP contribution in [-0.2, 0) is 16.6 Å². The van der Waals surface area contributed by atoms with Crippen molar-refractivity contribution in [1.29, 1.82) is 0 Å². The van der Waals surface area contributed by atoms with E-state index in [1.807, 2.05) is 12.1 Å². The van der Waals surface area contributed by atoms with Gasteiger partial charge in [-0.3, -0.25) is 0 Å². The number of fused-ring (bicyclic) bond motifs is 1. The number of nitrogens with zero attached hydrogens (tertiary/aromatic N) is 4. The fourth-order valence-corrected chi connectivity index (χ4v) is 6.03. The molecule has 2 aromatic heterocycles. The van der Waals surface area contributed by atoms with Crippen LogP contribution in [0.5, 0.6) is 0 Å². The molecule has 0 bridgehead atoms. The molecule has 1 atom stereocenters. The number of benzene rings is 1. The highest BCUT2D eigenvalue weighted by atomic mass is 32.2. The Kier molecular flexibility index (Phi) is 4.86. The topological polar surface area (TPSA) is 68.1 Å². The molecule has 6 nitrogen and oxygen atoms in total. The maximum absolute atomic E-state index is 13.6. The fraction of sp³-hybridized carbons (Fsp3) is 0.455. The van der Waals surface area contributed by atoms with Gasteiger partial charge in [-0.15, -0.1) is 0 Å². The summed E-state index contributed by atoms with van der Waals surface area (Å²) in [6.45, 7) is 3.25. The maximum Gasteiger partial charge on any atom is 0.243 e. The number of sulfonamides is 1. The van der Waals surface area contributed by atoms with Gasteiger partial charge in [0.05, 0.1) is 4.90 Å². The molecule has 0 amide bonds. The smallest absolute Gasteiger partial charge is 0.243 e. The van der Waals surface area contributed by atoms with Crippen LogP contribution in [0.2, 0.25) is 0 Å². The summed E-state index contributed by atoms with van der Waals surface area (Å²) in [5.74, 6) is 1.37. The second-order valence-corrected chi connectivity index (χ2v) is 10.4. The first-order chi connectivity index (χ1) is 14.4. The van der Waals surface area contributed by atoms with Gasteiger partial charge in [-0.25, -0.2) is 22.8 Å². The number of pyridine rings is 1. The molecule has 0 spiro atoms. The van der Waals surface area contributed by atoms with Crippen molar-refractivity contribution in [2.75, 3.05) is 13.1 Å². The quantitative estimate of drug-likeness (QED) is 0.619. The van der Waals surface area contributed by atoms with Gasteiger partial charge in [-0.1, -0.05) is 0 Å². The summed E-state index contributed by atoms with van der Waals surface area (Å²) in [6.07, 6.45) is 5.86. The summed E-state index contributed by atoms with van der Waals surface area (Å²) >= 11 is 0. The lowest BCUT2D eigenvalue weighted by molar-refractivity contribution is 0.245. The zero-order chi connectivity index (χ0) is 20.9. The molecule has 1 saturated heterocycles. The van der Waals surface area contributed by atoms with Crippen molar-refractivity contribution >= 4 is 21.2 Å². The van der Waals surface area contributed by atoms with E-state index in [0.717, 1.165) is 42.7 Å². The minimum absolute atomic E-state index is 0.162. The van der Waals surface area contributed by atoms with E-state index in [9.17, 15) is 12.8 Å². The summed E-state index contributed by atoms with van der Waals surface area (Å²) in [5, 5.41) is 0. The Morgan fingerprint density at radius 1 is 1.20 bits per heavy atom. The zero-order valence-corrected chi connectivity index (χ0v) is 17.8. The highest BCUT2D eigenvalue weighted by Crippen LogP contribution is 2.41. The van der Waals surface area contributed by atoms with Gasteiger partial charge in [-0.2, -0.15) is 4.31 Å². The lowest BCUT2D eigenvalue weighted by atomic mass is 9.99. The predicted molar refractivity (Wildman–Crippen MR) is 112 cm³/mol. The fourth-order valence-electron chi connectivity index (χ4n) is 4.39. The van der Waals surface area contributed by atoms with Crippen LogP contribution >= 0.6 is 0 Å². The first kappa shape index (κ1) is 19.6. The summed E-state index contributed by atoms with van der Waals surface area (Å²) in [5.41, 5.74) is 2.13. The third-order valence-electron chi connectivity index (χ3n) is 6.17. The monoisotopic (exact) mass is 428 g/mol. The number of halogens is 1. The standard InChI is InChI=1S/C22H25FN4O2S/c1-15-12-18(8-9-19(15)23)30(28,29)26-11-3-4-16(13-26)14-27-21(17-6-7-17)25-20-5-2-10-24-22(20)27/h2,5,8-10,12,16-17H,3-4,6-7,11,13-14H2,1H3. The van der Waals surface area contributed by atoms with E-state index in [1.54, 1.807) is 17.4 Å². The van der Waals surface area contributed by atoms with E-state index in [0.29, 0.717) is 31.1 Å². The van der Waals surface area contributed by atoms with Crippen LogP contribution in [0, 0.1) is 18.7 Å². The van der Waals surface area contributed by atoms with E-state index in [1.165, 1.54) is 18.2 Å². The average Bonchev–Trinajstić information content (AvgIpc) is 3.53. The van der Waals surface area contributed by atoms with Gasteiger partial charge >= 0.3 is 0 Å². The first-order valence-corrected chi connectivity index (χ1v) is 11.9. The number of hydrogen-bond donors (Lipinski definition) is 0. The molecule has 0 N–H and O–H groups in total. The molecule has 2 fully saturated rings. The van der Waals surface area contributed by atoms with Crippen LogP contribution in [-0.4, -0.2) is 40.3 Å². The summed E-state index contributed by atoms with van der Waals surface area (Å²) in [4.78, 5) is 9.51. The van der Waals surface area contributed by atoms with Gasteiger partial charge < -0.3 is 4.57 Å². The van der Waals surface area contributed by atoms with Crippen LogP contribution in [0.3, 0.4) is 0 Å². The normalized spacial score (nSPS) is 20.7. The Labute approximate surface area is 175 Å². The Morgan fingerprint density at radius 3 is 2.80 bits per heavy atom. The van der Waals surface area contributed by atoms with Crippen LogP contribution in [0.1, 0.15) is 43.0 Å². The lowest BCUT2D eigenvalue weighted by Crippen LogP contribution is -2.41. The minimum Gasteiger partial charge on any atom is -0.312 e. The summed E-state index contributed by atoms with van der Waals surface area (Å²) < 4.78 is 43.7. The van der Waals surface area contributed by atoms with Gasteiger partial charge in [0.15, 0.2) is 5.65 Å². The second-order valence-electron chi connectivity index (χ2n) is 8.48. The number of aromatic nitrogens is 3. The van der Waals surface area contributed by atoms with Crippen molar-refractivity contribution in [3.05, 3.63) is 53.7 Å². The SMILES string of the molecule is Cc1cc(S(=O)(=O)N2CCCC(Cn3c(C4CC4)nc4cccnc43)C2)ccc1F. The molecule has 0 radical (unpaired) electrons. The minimum atomic E-state index is -3.64. The van der Waals surface area contributed by atoms with Crippen molar-refractivity contribution in [1.82, 2.24) is 18.8 Å². The van der Waals surface area contributed by atoms with Crippen molar-refractivity contribution < 1.29 is 12.8 Å². The number of rotatable bonds is 5. The molecule has 8 heteroatoms. The van der Waals surface area contributed by atoms with E-state index < -0.39 is 15.8 Å². The third-order valence-corrected chi connectivity index (χ3v) is 8.03. The number of imidazole rings is 1. The largest absolute Gasteiger partial charge is 0.312 e. The molecule has 3 heterocycles. The Bertz CT molecular complexity index is 1200. The van der Waals surface area contributed by atoms with Crippen molar-refractivity contribution in [2.24, 2.45) is 5.92 Å². The van der Waals surface area contributed by atoms with Crippen LogP contribution in [0.4, 0.5) is 4.39 Å². The zero-order valence-electron chi connectivity index (χ0n) is 17.0. The van der Waals surface area contributed by atoms with Crippen molar-refractivity contribution in [3.63, 3.8) is 0 Å². The van der Waals surface area contributed by atoms with Gasteiger partial charge in [0.2, 0.25) is 10.0 Å². The van der Waals surface area contributed by atoms with E-state index in [-0.39, 0.29) is 10.8 Å². The number of piperidine rings is 1. The molecule has 5 rings (SSSR count). The van der Waals surface area contributed by atoms with Gasteiger partial charge in [0.1, 0.15) is 17.2 Å². The van der Waals surface area contributed by atoms with E-state index in [2.05, 4.69) is 9.55 Å². The molecule has 1 aromatic carbocycles. The molecule has 1 saturated carbocycles.